The summed E-state index contributed by atoms with van der Waals surface area (Å²) in [4.78, 5) is 0. The monoisotopic (exact) mass is 376 g/mol. The molecule has 0 aliphatic heterocycles. The molecule has 0 aliphatic rings. The van der Waals surface area contributed by atoms with Crippen molar-refractivity contribution < 1.29 is 23.0 Å². The van der Waals surface area contributed by atoms with Gasteiger partial charge in [0.25, 0.3) is 0 Å². The first kappa shape index (κ1) is 18.5. The summed E-state index contributed by atoms with van der Waals surface area (Å²) in [6.07, 6.45) is -0.639. The van der Waals surface area contributed by atoms with Crippen LogP contribution < -0.4 is 4.74 Å². The number of benzene rings is 2. The lowest BCUT2D eigenvalue weighted by atomic mass is 10.1. The third-order valence-electron chi connectivity index (χ3n) is 3.04. The van der Waals surface area contributed by atoms with Crippen molar-refractivity contribution in [3.63, 3.8) is 0 Å². The van der Waals surface area contributed by atoms with Crippen molar-refractivity contribution in [2.45, 2.75) is 12.6 Å². The maximum absolute atomic E-state index is 12.6. The Labute approximate surface area is 147 Å². The van der Waals surface area contributed by atoms with Gasteiger partial charge in [0.2, 0.25) is 0 Å². The molecule has 0 aromatic heterocycles. The van der Waals surface area contributed by atoms with Crippen LogP contribution in [0.15, 0.2) is 42.5 Å². The SMILES string of the molecule is Oc1cc(Cl)c(OCCC=Cc2cccc(C(F)(F)F)c2)c(Cl)c1. The molecule has 24 heavy (non-hydrogen) atoms. The average molecular weight is 377 g/mol. The molecule has 0 saturated carbocycles. The van der Waals surface area contributed by atoms with Crippen molar-refractivity contribution in [1.29, 1.82) is 0 Å². The second-order valence-electron chi connectivity index (χ2n) is 4.90. The molecule has 0 heterocycles. The predicted molar refractivity (Wildman–Crippen MR) is 88.7 cm³/mol. The van der Waals surface area contributed by atoms with Crippen molar-refractivity contribution in [3.05, 3.63) is 63.6 Å². The Balaban J connectivity index is 1.92. The van der Waals surface area contributed by atoms with Crippen molar-refractivity contribution in [1.82, 2.24) is 0 Å². The Morgan fingerprint density at radius 1 is 1.08 bits per heavy atom. The van der Waals surface area contributed by atoms with Crippen LogP contribution in [0.3, 0.4) is 0 Å². The zero-order chi connectivity index (χ0) is 17.7. The Bertz CT molecular complexity index is 720. The summed E-state index contributed by atoms with van der Waals surface area (Å²) >= 11 is 11.8. The highest BCUT2D eigenvalue weighted by Gasteiger charge is 2.30. The van der Waals surface area contributed by atoms with Gasteiger partial charge in [0.05, 0.1) is 22.2 Å². The second kappa shape index (κ2) is 7.81. The first-order chi connectivity index (χ1) is 11.3. The van der Waals surface area contributed by atoms with E-state index in [1.54, 1.807) is 18.2 Å². The molecule has 7 heteroatoms. The molecule has 2 aromatic carbocycles. The van der Waals surface area contributed by atoms with Gasteiger partial charge in [-0.3, -0.25) is 0 Å². The molecule has 0 bridgehead atoms. The molecule has 0 unspecified atom stereocenters. The number of ether oxygens (including phenoxy) is 1. The van der Waals surface area contributed by atoms with Gasteiger partial charge in [-0.15, -0.1) is 0 Å². The van der Waals surface area contributed by atoms with Crippen LogP contribution in [0.1, 0.15) is 17.5 Å². The fourth-order valence-electron chi connectivity index (χ4n) is 1.95. The lowest BCUT2D eigenvalue weighted by Gasteiger charge is -2.09. The van der Waals surface area contributed by atoms with E-state index in [1.807, 2.05) is 0 Å². The largest absolute Gasteiger partial charge is 0.508 e. The van der Waals surface area contributed by atoms with Crippen LogP contribution in [0.25, 0.3) is 6.08 Å². The van der Waals surface area contributed by atoms with Crippen molar-refractivity contribution in [2.75, 3.05) is 6.61 Å². The van der Waals surface area contributed by atoms with Gasteiger partial charge in [-0.1, -0.05) is 47.5 Å². The fourth-order valence-corrected chi connectivity index (χ4v) is 2.54. The smallest absolute Gasteiger partial charge is 0.416 e. The van der Waals surface area contributed by atoms with Gasteiger partial charge in [0.15, 0.2) is 5.75 Å². The number of phenols is 1. The Morgan fingerprint density at radius 3 is 2.38 bits per heavy atom. The van der Waals surface area contributed by atoms with E-state index in [0.29, 0.717) is 12.0 Å². The minimum atomic E-state index is -4.36. The first-order valence-electron chi connectivity index (χ1n) is 6.92. The van der Waals surface area contributed by atoms with Gasteiger partial charge in [-0.05, 0) is 24.1 Å². The average Bonchev–Trinajstić information content (AvgIpc) is 2.48. The summed E-state index contributed by atoms with van der Waals surface area (Å²) in [5.41, 5.74) is -0.242. The number of halogens is 5. The molecular formula is C17H13Cl2F3O2. The highest BCUT2D eigenvalue weighted by molar-refractivity contribution is 6.37. The van der Waals surface area contributed by atoms with E-state index in [9.17, 15) is 18.3 Å². The number of hydrogen-bond donors (Lipinski definition) is 1. The third-order valence-corrected chi connectivity index (χ3v) is 3.60. The van der Waals surface area contributed by atoms with Gasteiger partial charge in [-0.2, -0.15) is 13.2 Å². The van der Waals surface area contributed by atoms with E-state index in [1.165, 1.54) is 18.2 Å². The van der Waals surface area contributed by atoms with E-state index in [2.05, 4.69) is 0 Å². The van der Waals surface area contributed by atoms with Crippen LogP contribution in [0, 0.1) is 0 Å². The summed E-state index contributed by atoms with van der Waals surface area (Å²) < 4.78 is 43.3. The minimum absolute atomic E-state index is 0.0678. The fraction of sp³-hybridized carbons (Fsp3) is 0.176. The molecule has 2 rings (SSSR count). The quantitative estimate of drug-likeness (QED) is 0.629. The lowest BCUT2D eigenvalue weighted by molar-refractivity contribution is -0.137. The molecule has 2 aromatic rings. The highest BCUT2D eigenvalue weighted by Crippen LogP contribution is 2.36. The van der Waals surface area contributed by atoms with Crippen molar-refractivity contribution >= 4 is 29.3 Å². The first-order valence-corrected chi connectivity index (χ1v) is 7.67. The molecule has 0 radical (unpaired) electrons. The molecule has 0 spiro atoms. The van der Waals surface area contributed by atoms with Gasteiger partial charge >= 0.3 is 6.18 Å². The van der Waals surface area contributed by atoms with Crippen LogP contribution in [-0.2, 0) is 6.18 Å². The number of phenolic OH excluding ortho intramolecular Hbond substituents is 1. The Kier molecular flexibility index (Phi) is 6.02. The summed E-state index contributed by atoms with van der Waals surface area (Å²) in [7, 11) is 0. The maximum atomic E-state index is 12.6. The van der Waals surface area contributed by atoms with Gasteiger partial charge < -0.3 is 9.84 Å². The zero-order valence-corrected chi connectivity index (χ0v) is 13.8. The molecule has 0 amide bonds. The van der Waals surface area contributed by atoms with E-state index >= 15 is 0 Å². The summed E-state index contributed by atoms with van der Waals surface area (Å²) in [5, 5.41) is 9.68. The Morgan fingerprint density at radius 2 is 1.75 bits per heavy atom. The third kappa shape index (κ3) is 5.08. The van der Waals surface area contributed by atoms with Gasteiger partial charge in [0, 0.05) is 12.1 Å². The summed E-state index contributed by atoms with van der Waals surface area (Å²) in [5.74, 6) is 0.186. The summed E-state index contributed by atoms with van der Waals surface area (Å²) in [6, 6.07) is 7.65. The van der Waals surface area contributed by atoms with Crippen LogP contribution in [0.5, 0.6) is 11.5 Å². The highest BCUT2D eigenvalue weighted by atomic mass is 35.5. The van der Waals surface area contributed by atoms with Gasteiger partial charge in [-0.25, -0.2) is 0 Å². The van der Waals surface area contributed by atoms with Crippen LogP contribution in [0.2, 0.25) is 10.0 Å². The molecule has 1 N–H and O–H groups in total. The van der Waals surface area contributed by atoms with Crippen molar-refractivity contribution in [2.24, 2.45) is 0 Å². The van der Waals surface area contributed by atoms with E-state index in [0.717, 1.165) is 12.1 Å². The molecule has 0 saturated heterocycles. The number of rotatable bonds is 5. The topological polar surface area (TPSA) is 29.5 Å². The standard InChI is InChI=1S/C17H13Cl2F3O2/c18-14-9-13(23)10-15(19)16(14)24-7-2-1-4-11-5-3-6-12(8-11)17(20,21)22/h1,3-6,8-10,23H,2,7H2. The molecular weight excluding hydrogens is 364 g/mol. The van der Waals surface area contributed by atoms with E-state index < -0.39 is 11.7 Å². The number of aromatic hydroxyl groups is 1. The van der Waals surface area contributed by atoms with Crippen molar-refractivity contribution in [3.8, 4) is 11.5 Å². The molecule has 0 aliphatic carbocycles. The van der Waals surface area contributed by atoms with E-state index in [-0.39, 0.29) is 28.2 Å². The van der Waals surface area contributed by atoms with E-state index in [4.69, 9.17) is 27.9 Å². The van der Waals surface area contributed by atoms with Crippen LogP contribution >= 0.6 is 23.2 Å². The maximum Gasteiger partial charge on any atom is 0.416 e. The molecule has 0 fully saturated rings. The van der Waals surface area contributed by atoms with Gasteiger partial charge in [0.1, 0.15) is 5.75 Å². The lowest BCUT2D eigenvalue weighted by Crippen LogP contribution is -2.04. The molecule has 2 nitrogen and oxygen atoms in total. The van der Waals surface area contributed by atoms with Crippen LogP contribution in [0.4, 0.5) is 13.2 Å². The minimum Gasteiger partial charge on any atom is -0.508 e. The second-order valence-corrected chi connectivity index (χ2v) is 5.72. The summed E-state index contributed by atoms with van der Waals surface area (Å²) in [6.45, 7) is 0.236. The molecule has 0 atom stereocenters. The number of alkyl halides is 3. The predicted octanol–water partition coefficient (Wildman–Crippen LogP) is 6.20. The zero-order valence-electron chi connectivity index (χ0n) is 12.3. The molecule has 128 valence electrons. The van der Waals surface area contributed by atoms with Crippen LogP contribution in [-0.4, -0.2) is 11.7 Å². The Hall–Kier alpha value is -1.85. The normalized spacial score (nSPS) is 11.9. The number of hydrogen-bond acceptors (Lipinski definition) is 2.